The molecule has 1 heterocycles. The van der Waals surface area contributed by atoms with Gasteiger partial charge < -0.3 is 28.4 Å². The van der Waals surface area contributed by atoms with Gasteiger partial charge in [-0.2, -0.15) is 0 Å². The van der Waals surface area contributed by atoms with Gasteiger partial charge in [-0.15, -0.1) is 0 Å². The molecule has 0 unspecified atom stereocenters. The Morgan fingerprint density at radius 1 is 0.829 bits per heavy atom. The highest BCUT2D eigenvalue weighted by Crippen LogP contribution is 2.45. The SMILES string of the molecule is C=C(C(=O)O[C@@H]1O[C@H](COC(C)=O)[C@H](OC(C)=O)[C@H](OC(C)=O)[C@H]1OC(C)=O)[C@H]1CC[C@@H](C)[C@H]2CC(=O)C(C)=C2C1. The summed E-state index contributed by atoms with van der Waals surface area (Å²) in [6.07, 6.45) is -4.85. The topological polar surface area (TPSA) is 158 Å². The number of hydrogen-bond donors (Lipinski definition) is 0. The molecule has 226 valence electrons. The Morgan fingerprint density at radius 2 is 1.41 bits per heavy atom. The smallest absolute Gasteiger partial charge is 0.336 e. The minimum Gasteiger partial charge on any atom is -0.463 e. The van der Waals surface area contributed by atoms with Crippen LogP contribution in [-0.2, 0) is 57.2 Å². The first-order chi connectivity index (χ1) is 19.2. The summed E-state index contributed by atoms with van der Waals surface area (Å²) in [6.45, 7) is 11.9. The predicted molar refractivity (Wildman–Crippen MR) is 140 cm³/mol. The predicted octanol–water partition coefficient (Wildman–Crippen LogP) is 2.51. The Morgan fingerprint density at radius 3 is 2.00 bits per heavy atom. The van der Waals surface area contributed by atoms with Crippen molar-refractivity contribution < 1.29 is 57.2 Å². The van der Waals surface area contributed by atoms with Crippen molar-refractivity contribution in [3.05, 3.63) is 23.3 Å². The number of Topliss-reactive ketones (excluding diaryl/α,β-unsaturated/α-hetero) is 1. The first-order valence-electron chi connectivity index (χ1n) is 13.6. The second-order valence-electron chi connectivity index (χ2n) is 10.8. The lowest BCUT2D eigenvalue weighted by Gasteiger charge is -2.43. The van der Waals surface area contributed by atoms with Crippen LogP contribution in [0.3, 0.4) is 0 Å². The Labute approximate surface area is 238 Å². The molecule has 12 nitrogen and oxygen atoms in total. The molecule has 0 N–H and O–H groups in total. The number of rotatable bonds is 8. The molecule has 41 heavy (non-hydrogen) atoms. The molecule has 3 rings (SSSR count). The highest BCUT2D eigenvalue weighted by molar-refractivity contribution is 5.98. The Kier molecular flexibility index (Phi) is 10.5. The van der Waals surface area contributed by atoms with Gasteiger partial charge >= 0.3 is 29.8 Å². The fraction of sp³-hybridized carbons (Fsp3) is 0.655. The van der Waals surface area contributed by atoms with E-state index in [2.05, 4.69) is 13.5 Å². The summed E-state index contributed by atoms with van der Waals surface area (Å²) in [4.78, 5) is 73.3. The van der Waals surface area contributed by atoms with E-state index in [-0.39, 0.29) is 29.1 Å². The molecule has 0 aromatic heterocycles. The number of esters is 5. The zero-order chi connectivity index (χ0) is 30.6. The van der Waals surface area contributed by atoms with Crippen LogP contribution >= 0.6 is 0 Å². The van der Waals surface area contributed by atoms with E-state index in [1.54, 1.807) is 0 Å². The molecule has 2 fully saturated rings. The summed E-state index contributed by atoms with van der Waals surface area (Å²) >= 11 is 0. The zero-order valence-electron chi connectivity index (χ0n) is 24.3. The van der Waals surface area contributed by atoms with E-state index < -0.39 is 67.2 Å². The molecule has 0 bridgehead atoms. The van der Waals surface area contributed by atoms with Crippen molar-refractivity contribution in [1.29, 1.82) is 0 Å². The molecule has 0 amide bonds. The largest absolute Gasteiger partial charge is 0.463 e. The molecule has 1 saturated carbocycles. The molecule has 2 aliphatic carbocycles. The Bertz CT molecular complexity index is 1140. The van der Waals surface area contributed by atoms with Gasteiger partial charge in [0.15, 0.2) is 18.0 Å². The maximum atomic E-state index is 13.4. The third-order valence-electron chi connectivity index (χ3n) is 7.80. The molecular weight excluding hydrogens is 540 g/mol. The lowest BCUT2D eigenvalue weighted by molar-refractivity contribution is -0.299. The van der Waals surface area contributed by atoms with Crippen LogP contribution in [0.4, 0.5) is 0 Å². The lowest BCUT2D eigenvalue weighted by Crippen LogP contribution is -2.63. The number of ether oxygens (including phenoxy) is 6. The monoisotopic (exact) mass is 578 g/mol. The van der Waals surface area contributed by atoms with Crippen LogP contribution in [0.2, 0.25) is 0 Å². The van der Waals surface area contributed by atoms with Gasteiger partial charge in [0.2, 0.25) is 12.4 Å². The molecule has 0 spiro atoms. The van der Waals surface area contributed by atoms with Crippen LogP contribution in [0.15, 0.2) is 23.3 Å². The van der Waals surface area contributed by atoms with E-state index in [0.29, 0.717) is 19.3 Å². The molecule has 0 aromatic rings. The first-order valence-corrected chi connectivity index (χ1v) is 13.6. The van der Waals surface area contributed by atoms with Crippen LogP contribution in [-0.4, -0.2) is 72.9 Å². The lowest BCUT2D eigenvalue weighted by atomic mass is 9.86. The summed E-state index contributed by atoms with van der Waals surface area (Å²) in [6, 6.07) is 0. The van der Waals surface area contributed by atoms with Crippen LogP contribution < -0.4 is 0 Å². The van der Waals surface area contributed by atoms with Crippen LogP contribution in [0.5, 0.6) is 0 Å². The van der Waals surface area contributed by atoms with E-state index in [1.165, 1.54) is 0 Å². The van der Waals surface area contributed by atoms with Crippen molar-refractivity contribution in [3.63, 3.8) is 0 Å². The summed E-state index contributed by atoms with van der Waals surface area (Å²) in [5.74, 6) is -3.69. The van der Waals surface area contributed by atoms with Crippen molar-refractivity contribution in [1.82, 2.24) is 0 Å². The van der Waals surface area contributed by atoms with E-state index in [9.17, 15) is 28.8 Å². The molecular formula is C29H38O12. The van der Waals surface area contributed by atoms with Crippen molar-refractivity contribution in [2.45, 2.75) is 97.9 Å². The number of allylic oxidation sites excluding steroid dienone is 2. The maximum absolute atomic E-state index is 13.4. The quantitative estimate of drug-likeness (QED) is 0.236. The number of carbonyl (C=O) groups is 6. The van der Waals surface area contributed by atoms with Gasteiger partial charge in [0, 0.05) is 39.7 Å². The molecule has 12 heteroatoms. The van der Waals surface area contributed by atoms with Crippen LogP contribution in [0.1, 0.15) is 67.2 Å². The minimum atomic E-state index is -1.63. The molecule has 3 aliphatic rings. The standard InChI is InChI=1S/C29H38O12/c1-13-8-9-20(10-22-15(3)23(34)11-21(13)22)14(2)28(35)41-29-27(39-19(7)33)26(38-18(6)32)25(37-17(5)31)24(40-29)12-36-16(4)30/h13,20-21,24-27,29H,2,8-12H2,1,3-7H3/t13-,20+,21-,24-,25+,26+,27-,29+/m1/s1. The summed E-state index contributed by atoms with van der Waals surface area (Å²) in [5.41, 5.74) is 1.91. The second-order valence-corrected chi connectivity index (χ2v) is 10.8. The molecule has 0 radical (unpaired) electrons. The second kappa shape index (κ2) is 13.4. The molecule has 1 saturated heterocycles. The first kappa shape index (κ1) is 32.0. The van der Waals surface area contributed by atoms with Gasteiger partial charge in [-0.1, -0.05) is 19.1 Å². The molecule has 0 aromatic carbocycles. The molecule has 1 aliphatic heterocycles. The van der Waals surface area contributed by atoms with Gasteiger partial charge in [0.05, 0.1) is 0 Å². The van der Waals surface area contributed by atoms with Gasteiger partial charge in [-0.05, 0) is 49.5 Å². The molecule has 8 atom stereocenters. The van der Waals surface area contributed by atoms with Crippen molar-refractivity contribution in [2.75, 3.05) is 6.61 Å². The highest BCUT2D eigenvalue weighted by Gasteiger charge is 2.54. The third kappa shape index (κ3) is 7.81. The fourth-order valence-corrected chi connectivity index (χ4v) is 5.74. The van der Waals surface area contributed by atoms with Gasteiger partial charge in [-0.25, -0.2) is 4.79 Å². The van der Waals surface area contributed by atoms with Crippen molar-refractivity contribution in [2.24, 2.45) is 17.8 Å². The van der Waals surface area contributed by atoms with E-state index in [0.717, 1.165) is 45.3 Å². The number of hydrogen-bond acceptors (Lipinski definition) is 12. The van der Waals surface area contributed by atoms with E-state index >= 15 is 0 Å². The third-order valence-corrected chi connectivity index (χ3v) is 7.80. The van der Waals surface area contributed by atoms with E-state index in [1.807, 2.05) is 6.92 Å². The Hall–Kier alpha value is -3.54. The van der Waals surface area contributed by atoms with Gasteiger partial charge in [0.1, 0.15) is 12.7 Å². The summed E-state index contributed by atoms with van der Waals surface area (Å²) in [5, 5.41) is 0. The van der Waals surface area contributed by atoms with Crippen LogP contribution in [0.25, 0.3) is 0 Å². The van der Waals surface area contributed by atoms with Gasteiger partial charge in [0.25, 0.3) is 0 Å². The normalized spacial score (nSPS) is 31.3. The zero-order valence-corrected chi connectivity index (χ0v) is 24.3. The Balaban J connectivity index is 1.89. The number of carbonyl (C=O) groups excluding carboxylic acids is 6. The van der Waals surface area contributed by atoms with Crippen molar-refractivity contribution >= 4 is 35.6 Å². The fourth-order valence-electron chi connectivity index (χ4n) is 5.74. The van der Waals surface area contributed by atoms with Crippen molar-refractivity contribution in [3.8, 4) is 0 Å². The average molecular weight is 579 g/mol. The summed E-state index contributed by atoms with van der Waals surface area (Å²) < 4.78 is 32.6. The number of fused-ring (bicyclic) bond motifs is 1. The van der Waals surface area contributed by atoms with E-state index in [4.69, 9.17) is 28.4 Å². The average Bonchev–Trinajstić information content (AvgIpc) is 3.04. The summed E-state index contributed by atoms with van der Waals surface area (Å²) in [7, 11) is 0. The van der Waals surface area contributed by atoms with Crippen LogP contribution in [0, 0.1) is 17.8 Å². The minimum absolute atomic E-state index is 0.114. The highest BCUT2D eigenvalue weighted by atomic mass is 16.7. The maximum Gasteiger partial charge on any atom is 0.336 e. The number of ketones is 1. The van der Waals surface area contributed by atoms with Gasteiger partial charge in [-0.3, -0.25) is 24.0 Å².